The van der Waals surface area contributed by atoms with Crippen LogP contribution in [0.4, 0.5) is 5.69 Å². The molecule has 0 saturated carbocycles. The highest BCUT2D eigenvalue weighted by Gasteiger charge is 2.42. The van der Waals surface area contributed by atoms with Crippen molar-refractivity contribution in [3.8, 4) is 0 Å². The van der Waals surface area contributed by atoms with Crippen molar-refractivity contribution < 1.29 is 4.79 Å². The van der Waals surface area contributed by atoms with E-state index in [4.69, 9.17) is 0 Å². The van der Waals surface area contributed by atoms with Crippen LogP contribution >= 0.6 is 0 Å². The van der Waals surface area contributed by atoms with Gasteiger partial charge in [-0.1, -0.05) is 55.0 Å². The van der Waals surface area contributed by atoms with Crippen molar-refractivity contribution >= 4 is 11.6 Å². The third-order valence-corrected chi connectivity index (χ3v) is 6.20. The predicted octanol–water partition coefficient (Wildman–Crippen LogP) is 4.58. The number of amides is 1. The molecule has 1 fully saturated rings. The van der Waals surface area contributed by atoms with Crippen LogP contribution in [-0.4, -0.2) is 43.5 Å². The first-order chi connectivity index (χ1) is 13.0. The summed E-state index contributed by atoms with van der Waals surface area (Å²) in [5.74, 6) is 0.319. The lowest BCUT2D eigenvalue weighted by Crippen LogP contribution is -2.60. The van der Waals surface area contributed by atoms with Crippen LogP contribution in [0.2, 0.25) is 0 Å². The van der Waals surface area contributed by atoms with Gasteiger partial charge in [0.1, 0.15) is 11.7 Å². The third-order valence-electron chi connectivity index (χ3n) is 6.20. The van der Waals surface area contributed by atoms with Gasteiger partial charge in [-0.25, -0.2) is 9.28 Å². The van der Waals surface area contributed by atoms with Crippen LogP contribution in [0.25, 0.3) is 0 Å². The fourth-order valence-electron chi connectivity index (χ4n) is 4.44. The molecule has 1 atom stereocenters. The van der Waals surface area contributed by atoms with Gasteiger partial charge in [0, 0.05) is 32.5 Å². The normalized spacial score (nSPS) is 18.2. The molecule has 1 saturated heterocycles. The second-order valence-corrected chi connectivity index (χ2v) is 7.97. The van der Waals surface area contributed by atoms with Crippen LogP contribution in [-0.2, 0) is 11.2 Å². The smallest absolute Gasteiger partial charge is 0.303 e. The molecule has 0 bridgehead atoms. The first kappa shape index (κ1) is 19.8. The zero-order valence-corrected chi connectivity index (χ0v) is 17.0. The SMILES string of the molecule is CCC(=O)[N+](C)(c1ccccc1)C1CCN(CCc2cccc(C)c2)CC1. The molecule has 3 rings (SSSR count). The minimum absolute atomic E-state index is 0.319. The Morgan fingerprint density at radius 1 is 1.07 bits per heavy atom. The lowest BCUT2D eigenvalue weighted by Gasteiger charge is -2.43. The van der Waals surface area contributed by atoms with E-state index in [0.29, 0.717) is 22.9 Å². The van der Waals surface area contributed by atoms with E-state index in [1.54, 1.807) is 0 Å². The van der Waals surface area contributed by atoms with E-state index in [0.717, 1.165) is 44.6 Å². The summed E-state index contributed by atoms with van der Waals surface area (Å²) in [7, 11) is 2.12. The quantitative estimate of drug-likeness (QED) is 0.699. The van der Waals surface area contributed by atoms with Crippen molar-refractivity contribution in [1.29, 1.82) is 0 Å². The van der Waals surface area contributed by atoms with Crippen molar-refractivity contribution in [1.82, 2.24) is 9.38 Å². The summed E-state index contributed by atoms with van der Waals surface area (Å²) in [6.07, 6.45) is 3.83. The molecule has 144 valence electrons. The molecular formula is C24H33N2O+. The molecule has 0 aliphatic carbocycles. The minimum Gasteiger partial charge on any atom is -0.303 e. The molecular weight excluding hydrogens is 332 g/mol. The third kappa shape index (κ3) is 4.48. The van der Waals surface area contributed by atoms with Crippen molar-refractivity contribution in [3.63, 3.8) is 0 Å². The average Bonchev–Trinajstić information content (AvgIpc) is 2.72. The zero-order valence-electron chi connectivity index (χ0n) is 17.0. The Labute approximate surface area is 164 Å². The fraction of sp³-hybridized carbons (Fsp3) is 0.458. The highest BCUT2D eigenvalue weighted by Crippen LogP contribution is 2.31. The summed E-state index contributed by atoms with van der Waals surface area (Å²) >= 11 is 0. The summed E-state index contributed by atoms with van der Waals surface area (Å²) in [5.41, 5.74) is 3.88. The number of hydrogen-bond donors (Lipinski definition) is 0. The monoisotopic (exact) mass is 365 g/mol. The van der Waals surface area contributed by atoms with E-state index in [1.807, 2.05) is 25.1 Å². The molecule has 27 heavy (non-hydrogen) atoms. The number of carbonyl (C=O) groups excluding carboxylic acids is 1. The largest absolute Gasteiger partial charge is 0.318 e. The Morgan fingerprint density at radius 2 is 1.78 bits per heavy atom. The van der Waals surface area contributed by atoms with Crippen LogP contribution in [0.1, 0.15) is 37.3 Å². The van der Waals surface area contributed by atoms with Crippen molar-refractivity contribution in [2.45, 2.75) is 45.6 Å². The van der Waals surface area contributed by atoms with Gasteiger partial charge < -0.3 is 4.90 Å². The highest BCUT2D eigenvalue weighted by molar-refractivity contribution is 5.88. The van der Waals surface area contributed by atoms with E-state index in [9.17, 15) is 4.79 Å². The van der Waals surface area contributed by atoms with Crippen LogP contribution in [0.15, 0.2) is 54.6 Å². The van der Waals surface area contributed by atoms with Crippen molar-refractivity contribution in [2.24, 2.45) is 0 Å². The number of rotatable bonds is 6. The van der Waals surface area contributed by atoms with Gasteiger partial charge in [0.15, 0.2) is 0 Å². The second-order valence-electron chi connectivity index (χ2n) is 7.97. The maximum Gasteiger partial charge on any atom is 0.318 e. The number of aryl methyl sites for hydroxylation is 1. The molecule has 2 aromatic carbocycles. The van der Waals surface area contributed by atoms with E-state index in [-0.39, 0.29) is 0 Å². The Morgan fingerprint density at radius 3 is 2.41 bits per heavy atom. The van der Waals surface area contributed by atoms with Crippen LogP contribution < -0.4 is 4.48 Å². The highest BCUT2D eigenvalue weighted by atomic mass is 16.2. The molecule has 0 spiro atoms. The summed E-state index contributed by atoms with van der Waals surface area (Å²) in [4.78, 5) is 15.5. The van der Waals surface area contributed by atoms with Gasteiger partial charge in [-0.2, -0.15) is 0 Å². The van der Waals surface area contributed by atoms with E-state index >= 15 is 0 Å². The van der Waals surface area contributed by atoms with E-state index in [1.165, 1.54) is 11.1 Å². The van der Waals surface area contributed by atoms with Gasteiger partial charge >= 0.3 is 5.91 Å². The lowest BCUT2D eigenvalue weighted by molar-refractivity contribution is -0.131. The van der Waals surface area contributed by atoms with E-state index < -0.39 is 0 Å². The maximum atomic E-state index is 12.9. The van der Waals surface area contributed by atoms with Gasteiger partial charge in [0.05, 0.1) is 13.5 Å². The average molecular weight is 366 g/mol. The molecule has 1 unspecified atom stereocenters. The predicted molar refractivity (Wildman–Crippen MR) is 114 cm³/mol. The Bertz CT molecular complexity index is 750. The second kappa shape index (κ2) is 8.81. The van der Waals surface area contributed by atoms with Crippen molar-refractivity contribution in [2.75, 3.05) is 26.7 Å². The Balaban J connectivity index is 1.63. The van der Waals surface area contributed by atoms with Crippen molar-refractivity contribution in [3.05, 3.63) is 65.7 Å². The van der Waals surface area contributed by atoms with Gasteiger partial charge in [0.2, 0.25) is 0 Å². The summed E-state index contributed by atoms with van der Waals surface area (Å²) in [5, 5.41) is 0. The molecule has 2 aromatic rings. The number of carbonyl (C=O) groups is 1. The van der Waals surface area contributed by atoms with Gasteiger partial charge in [-0.05, 0) is 31.0 Å². The first-order valence-electron chi connectivity index (χ1n) is 10.3. The molecule has 0 radical (unpaired) electrons. The number of piperidine rings is 1. The summed E-state index contributed by atoms with van der Waals surface area (Å²) in [6.45, 7) is 7.40. The topological polar surface area (TPSA) is 20.3 Å². The van der Waals surface area contributed by atoms with Gasteiger partial charge in [-0.3, -0.25) is 0 Å². The fourth-order valence-corrected chi connectivity index (χ4v) is 4.44. The van der Waals surface area contributed by atoms with E-state index in [2.05, 4.69) is 55.3 Å². The number of likely N-dealkylation sites (tertiary alicyclic amines) is 1. The van der Waals surface area contributed by atoms with Crippen LogP contribution in [0.5, 0.6) is 0 Å². The summed E-state index contributed by atoms with van der Waals surface area (Å²) < 4.78 is 0.447. The molecule has 3 nitrogen and oxygen atoms in total. The molecule has 1 amide bonds. The lowest BCUT2D eigenvalue weighted by atomic mass is 9.98. The molecule has 1 aliphatic rings. The number of para-hydroxylation sites is 1. The standard InChI is InChI=1S/C24H33N2O/c1-4-24(27)26(3,22-11-6-5-7-12-22)23-14-17-25(18-15-23)16-13-21-10-8-9-20(2)19-21/h5-12,19,23H,4,13-18H2,1-3H3/q+1. The maximum absolute atomic E-state index is 12.9. The Hall–Kier alpha value is -1.97. The molecule has 3 heteroatoms. The number of hydrogen-bond acceptors (Lipinski definition) is 2. The minimum atomic E-state index is 0.319. The number of benzene rings is 2. The molecule has 1 aliphatic heterocycles. The Kier molecular flexibility index (Phi) is 6.46. The number of nitrogens with zero attached hydrogens (tertiary/aromatic N) is 2. The summed E-state index contributed by atoms with van der Waals surface area (Å²) in [6, 6.07) is 19.5. The molecule has 0 aromatic heterocycles. The van der Waals surface area contributed by atoms with Crippen LogP contribution in [0.3, 0.4) is 0 Å². The molecule has 1 heterocycles. The number of quaternary nitrogens is 1. The van der Waals surface area contributed by atoms with Gasteiger partial charge in [0.25, 0.3) is 0 Å². The van der Waals surface area contributed by atoms with Crippen LogP contribution in [0, 0.1) is 6.92 Å². The first-order valence-corrected chi connectivity index (χ1v) is 10.3. The molecule has 0 N–H and O–H groups in total. The zero-order chi connectivity index (χ0) is 19.3. The van der Waals surface area contributed by atoms with Gasteiger partial charge in [-0.15, -0.1) is 0 Å².